The molecule has 1 amide bonds. The Hall–Kier alpha value is -2.30. The van der Waals surface area contributed by atoms with E-state index in [1.165, 1.54) is 7.11 Å². The minimum Gasteiger partial charge on any atom is -0.495 e. The number of sulfonamides is 1. The highest BCUT2D eigenvalue weighted by atomic mass is 35.5. The Bertz CT molecular complexity index is 1200. The summed E-state index contributed by atoms with van der Waals surface area (Å²) in [5.74, 6) is -0.240. The smallest absolute Gasteiger partial charge is 0.416 e. The van der Waals surface area contributed by atoms with Crippen molar-refractivity contribution in [3.63, 3.8) is 0 Å². The Kier molecular flexibility index (Phi) is 7.79. The number of halogens is 4. The predicted molar refractivity (Wildman–Crippen MR) is 128 cm³/mol. The number of nitrogens with zero attached hydrogens (tertiary/aromatic N) is 1. The van der Waals surface area contributed by atoms with Crippen LogP contribution in [0.1, 0.15) is 44.7 Å². The third-order valence-corrected chi connectivity index (χ3v) is 8.40. The second kappa shape index (κ2) is 9.99. The lowest BCUT2D eigenvalue weighted by Gasteiger charge is -2.31. The summed E-state index contributed by atoms with van der Waals surface area (Å²) >= 11 is 5.94. The molecule has 192 valence electrons. The van der Waals surface area contributed by atoms with Gasteiger partial charge >= 0.3 is 6.18 Å². The first-order valence-electron chi connectivity index (χ1n) is 11.0. The summed E-state index contributed by atoms with van der Waals surface area (Å²) in [6, 6.07) is 7.77. The number of nitrogens with one attached hydrogen (secondary N) is 1. The van der Waals surface area contributed by atoms with E-state index in [0.717, 1.165) is 22.0 Å². The molecule has 0 atom stereocenters. The van der Waals surface area contributed by atoms with Crippen molar-refractivity contribution >= 4 is 33.2 Å². The number of carbonyl (C=O) groups excluding carboxylic acids is 1. The molecule has 1 N–H and O–H groups in total. The van der Waals surface area contributed by atoms with E-state index in [1.807, 2.05) is 32.9 Å². The second-order valence-corrected chi connectivity index (χ2v) is 11.8. The first-order valence-corrected chi connectivity index (χ1v) is 12.8. The summed E-state index contributed by atoms with van der Waals surface area (Å²) in [4.78, 5) is 12.4. The summed E-state index contributed by atoms with van der Waals surface area (Å²) in [6.45, 7) is 6.10. The van der Waals surface area contributed by atoms with Crippen molar-refractivity contribution in [3.8, 4) is 5.75 Å². The molecule has 1 aliphatic heterocycles. The third kappa shape index (κ3) is 6.10. The van der Waals surface area contributed by atoms with Crippen LogP contribution in [0, 0.1) is 5.92 Å². The summed E-state index contributed by atoms with van der Waals surface area (Å²) < 4.78 is 71.7. The Morgan fingerprint density at radius 1 is 1.06 bits per heavy atom. The van der Waals surface area contributed by atoms with Gasteiger partial charge in [0.25, 0.3) is 0 Å². The molecule has 0 aromatic heterocycles. The predicted octanol–water partition coefficient (Wildman–Crippen LogP) is 5.70. The standard InChI is InChI=1S/C24H28ClF3N2O4S/c1-23(2,3)16-6-8-20(34-4)19(13-16)29-22(31)15-9-11-30(12-10-15)35(32,33)21-14-17(24(26,27)28)5-7-18(21)25/h5-8,13-15H,9-12H2,1-4H3,(H,29,31). The Morgan fingerprint density at radius 3 is 2.20 bits per heavy atom. The zero-order valence-electron chi connectivity index (χ0n) is 19.9. The van der Waals surface area contributed by atoms with E-state index >= 15 is 0 Å². The summed E-state index contributed by atoms with van der Waals surface area (Å²) in [5, 5.41) is 2.60. The van der Waals surface area contributed by atoms with Gasteiger partial charge in [0.2, 0.25) is 15.9 Å². The molecule has 3 rings (SSSR count). The van der Waals surface area contributed by atoms with Crippen LogP contribution in [-0.2, 0) is 26.4 Å². The average molecular weight is 533 g/mol. The average Bonchev–Trinajstić information content (AvgIpc) is 2.77. The summed E-state index contributed by atoms with van der Waals surface area (Å²) in [6.07, 6.45) is -4.28. The Labute approximate surface area is 208 Å². The molecule has 0 spiro atoms. The van der Waals surface area contributed by atoms with Crippen molar-refractivity contribution < 1.29 is 31.1 Å². The first kappa shape index (κ1) is 27.3. The van der Waals surface area contributed by atoms with Crippen LogP contribution in [0.15, 0.2) is 41.3 Å². The fourth-order valence-corrected chi connectivity index (χ4v) is 5.85. The van der Waals surface area contributed by atoms with E-state index in [1.54, 1.807) is 6.07 Å². The topological polar surface area (TPSA) is 75.7 Å². The van der Waals surface area contributed by atoms with Crippen molar-refractivity contribution in [1.82, 2.24) is 4.31 Å². The minimum absolute atomic E-state index is 0.0217. The quantitative estimate of drug-likeness (QED) is 0.535. The number of hydrogen-bond donors (Lipinski definition) is 1. The molecular weight excluding hydrogens is 505 g/mol. The van der Waals surface area contributed by atoms with Gasteiger partial charge in [0, 0.05) is 19.0 Å². The number of benzene rings is 2. The van der Waals surface area contributed by atoms with E-state index in [0.29, 0.717) is 17.5 Å². The molecule has 1 saturated heterocycles. The van der Waals surface area contributed by atoms with Crippen LogP contribution in [-0.4, -0.2) is 38.8 Å². The number of carbonyl (C=O) groups is 1. The van der Waals surface area contributed by atoms with Crippen LogP contribution in [0.2, 0.25) is 5.02 Å². The highest BCUT2D eigenvalue weighted by molar-refractivity contribution is 7.89. The Morgan fingerprint density at radius 2 is 1.66 bits per heavy atom. The molecule has 0 aliphatic carbocycles. The molecule has 2 aromatic carbocycles. The largest absolute Gasteiger partial charge is 0.495 e. The van der Waals surface area contributed by atoms with E-state index < -0.39 is 32.6 Å². The van der Waals surface area contributed by atoms with Crippen molar-refractivity contribution in [2.24, 2.45) is 5.92 Å². The zero-order chi connectivity index (χ0) is 26.2. The maximum atomic E-state index is 13.1. The zero-order valence-corrected chi connectivity index (χ0v) is 21.4. The van der Waals surface area contributed by atoms with Crippen molar-refractivity contribution in [2.75, 3.05) is 25.5 Å². The van der Waals surface area contributed by atoms with E-state index in [4.69, 9.17) is 16.3 Å². The third-order valence-electron chi connectivity index (χ3n) is 6.02. The van der Waals surface area contributed by atoms with Gasteiger partial charge in [-0.3, -0.25) is 4.79 Å². The van der Waals surface area contributed by atoms with Crippen LogP contribution >= 0.6 is 11.6 Å². The molecule has 0 unspecified atom stereocenters. The Balaban J connectivity index is 1.73. The van der Waals surface area contributed by atoms with Gasteiger partial charge in [-0.2, -0.15) is 17.5 Å². The maximum absolute atomic E-state index is 13.1. The van der Waals surface area contributed by atoms with E-state index in [9.17, 15) is 26.4 Å². The van der Waals surface area contributed by atoms with Gasteiger partial charge in [0.05, 0.1) is 23.4 Å². The fraction of sp³-hybridized carbons (Fsp3) is 0.458. The van der Waals surface area contributed by atoms with Gasteiger partial charge < -0.3 is 10.1 Å². The van der Waals surface area contributed by atoms with Gasteiger partial charge in [0.15, 0.2) is 0 Å². The van der Waals surface area contributed by atoms with Crippen LogP contribution < -0.4 is 10.1 Å². The molecule has 1 aliphatic rings. The van der Waals surface area contributed by atoms with Crippen LogP contribution in [0.3, 0.4) is 0 Å². The normalized spacial score (nSPS) is 16.2. The number of hydrogen-bond acceptors (Lipinski definition) is 4. The number of piperidine rings is 1. The fourth-order valence-electron chi connectivity index (χ4n) is 3.88. The first-order chi connectivity index (χ1) is 16.1. The lowest BCUT2D eigenvalue weighted by atomic mass is 9.86. The summed E-state index contributed by atoms with van der Waals surface area (Å²) in [5.41, 5.74) is 0.292. The number of rotatable bonds is 5. The van der Waals surface area contributed by atoms with Gasteiger partial charge in [0.1, 0.15) is 10.6 Å². The van der Waals surface area contributed by atoms with Crippen molar-refractivity contribution in [1.29, 1.82) is 0 Å². The van der Waals surface area contributed by atoms with Gasteiger partial charge in [-0.1, -0.05) is 38.4 Å². The molecule has 35 heavy (non-hydrogen) atoms. The van der Waals surface area contributed by atoms with Crippen molar-refractivity contribution in [2.45, 2.75) is 50.1 Å². The highest BCUT2D eigenvalue weighted by Crippen LogP contribution is 2.36. The lowest BCUT2D eigenvalue weighted by molar-refractivity contribution is -0.137. The maximum Gasteiger partial charge on any atom is 0.416 e. The van der Waals surface area contributed by atoms with Gasteiger partial charge in [-0.15, -0.1) is 0 Å². The van der Waals surface area contributed by atoms with Crippen molar-refractivity contribution in [3.05, 3.63) is 52.5 Å². The molecule has 2 aromatic rings. The minimum atomic E-state index is -4.70. The number of anilines is 1. The molecule has 0 saturated carbocycles. The van der Waals surface area contributed by atoms with Crippen LogP contribution in [0.25, 0.3) is 0 Å². The van der Waals surface area contributed by atoms with Gasteiger partial charge in [-0.05, 0) is 54.2 Å². The second-order valence-electron chi connectivity index (χ2n) is 9.48. The monoisotopic (exact) mass is 532 g/mol. The van der Waals surface area contributed by atoms with E-state index in [-0.39, 0.29) is 42.3 Å². The van der Waals surface area contributed by atoms with Gasteiger partial charge in [-0.25, -0.2) is 8.42 Å². The molecule has 0 radical (unpaired) electrons. The summed E-state index contributed by atoms with van der Waals surface area (Å²) in [7, 11) is -2.76. The van der Waals surface area contributed by atoms with E-state index in [2.05, 4.69) is 5.32 Å². The molecule has 6 nitrogen and oxygen atoms in total. The number of amides is 1. The lowest BCUT2D eigenvalue weighted by Crippen LogP contribution is -2.41. The molecule has 1 heterocycles. The number of alkyl halides is 3. The van der Waals surface area contributed by atoms with Crippen LogP contribution in [0.5, 0.6) is 5.75 Å². The van der Waals surface area contributed by atoms with Crippen LogP contribution in [0.4, 0.5) is 18.9 Å². The molecule has 1 fully saturated rings. The SMILES string of the molecule is COc1ccc(C(C)(C)C)cc1NC(=O)C1CCN(S(=O)(=O)c2cc(C(F)(F)F)ccc2Cl)CC1. The number of ether oxygens (including phenoxy) is 1. The highest BCUT2D eigenvalue weighted by Gasteiger charge is 2.36. The number of methoxy groups -OCH3 is 1. The molecular formula is C24H28ClF3N2O4S. The molecule has 0 bridgehead atoms. The molecule has 11 heteroatoms.